The number of benzene rings is 2. The van der Waals surface area contributed by atoms with E-state index < -0.39 is 34.7 Å². The summed E-state index contributed by atoms with van der Waals surface area (Å²) < 4.78 is 18.6. The van der Waals surface area contributed by atoms with Crippen LogP contribution in [0.4, 0.5) is 10.1 Å². The molecule has 1 N–H and O–H groups in total. The third-order valence-electron chi connectivity index (χ3n) is 6.39. The molecular weight excluding hydrogens is 439 g/mol. The van der Waals surface area contributed by atoms with E-state index in [4.69, 9.17) is 4.74 Å². The van der Waals surface area contributed by atoms with Gasteiger partial charge in [0.15, 0.2) is 5.54 Å². The van der Waals surface area contributed by atoms with Crippen LogP contribution in [-0.4, -0.2) is 54.4 Å². The minimum atomic E-state index is -1.80. The molecule has 8 heteroatoms. The van der Waals surface area contributed by atoms with Gasteiger partial charge in [0.1, 0.15) is 11.6 Å². The van der Waals surface area contributed by atoms with Crippen molar-refractivity contribution in [1.29, 1.82) is 0 Å². The number of anilines is 1. The predicted molar refractivity (Wildman–Crippen MR) is 125 cm³/mol. The summed E-state index contributed by atoms with van der Waals surface area (Å²) >= 11 is 0. The van der Waals surface area contributed by atoms with Crippen LogP contribution in [0.3, 0.4) is 0 Å². The fraction of sp³-hybridized carbons (Fsp3) is 0.346. The number of carbonyl (C=O) groups is 3. The summed E-state index contributed by atoms with van der Waals surface area (Å²) in [6.45, 7) is 2.83. The summed E-state index contributed by atoms with van der Waals surface area (Å²) in [4.78, 5) is 43.7. The van der Waals surface area contributed by atoms with Crippen molar-refractivity contribution in [1.82, 2.24) is 4.90 Å². The number of rotatable bonds is 8. The number of hydrogen-bond donors (Lipinski definition) is 1. The average molecular weight is 467 g/mol. The number of fused-ring (bicyclic) bond motifs is 2. The highest BCUT2D eigenvalue weighted by atomic mass is 19.1. The first-order chi connectivity index (χ1) is 16.4. The Balaban J connectivity index is 1.99. The Labute approximate surface area is 197 Å². The number of halogens is 1. The molecule has 34 heavy (non-hydrogen) atoms. The number of amides is 2. The molecule has 2 aliphatic rings. The van der Waals surface area contributed by atoms with Crippen LogP contribution < -0.4 is 4.90 Å². The summed E-state index contributed by atoms with van der Waals surface area (Å²) in [5.41, 5.74) is -0.878. The Morgan fingerprint density at radius 3 is 2.41 bits per heavy atom. The van der Waals surface area contributed by atoms with Gasteiger partial charge in [0.05, 0.1) is 11.3 Å². The van der Waals surface area contributed by atoms with Crippen molar-refractivity contribution in [2.45, 2.75) is 31.7 Å². The Kier molecular flexibility index (Phi) is 6.52. The van der Waals surface area contributed by atoms with Crippen molar-refractivity contribution >= 4 is 29.0 Å². The van der Waals surface area contributed by atoms with E-state index in [1.54, 1.807) is 29.2 Å². The number of ether oxygens (including phenoxy) is 1. The molecular formula is C26H27FN2O5. The number of aliphatic hydroxyl groups excluding tert-OH is 1. The highest BCUT2D eigenvalue weighted by molar-refractivity contribution is 6.50. The summed E-state index contributed by atoms with van der Waals surface area (Å²) in [5, 5.41) is 11.3. The van der Waals surface area contributed by atoms with Gasteiger partial charge in [0, 0.05) is 37.9 Å². The van der Waals surface area contributed by atoms with Crippen molar-refractivity contribution < 1.29 is 28.6 Å². The van der Waals surface area contributed by atoms with Crippen LogP contribution in [0, 0.1) is 5.82 Å². The fourth-order valence-corrected chi connectivity index (χ4v) is 4.82. The van der Waals surface area contributed by atoms with Crippen LogP contribution in [0.2, 0.25) is 0 Å². The number of aliphatic hydroxyl groups is 1. The van der Waals surface area contributed by atoms with Crippen LogP contribution in [-0.2, 0) is 24.7 Å². The van der Waals surface area contributed by atoms with Crippen LogP contribution in [0.1, 0.15) is 37.3 Å². The Morgan fingerprint density at radius 1 is 1.03 bits per heavy atom. The number of unbranched alkanes of at least 4 members (excludes halogenated alkanes) is 1. The molecule has 1 fully saturated rings. The molecule has 7 nitrogen and oxygen atoms in total. The topological polar surface area (TPSA) is 87.2 Å². The van der Waals surface area contributed by atoms with Gasteiger partial charge in [0.2, 0.25) is 0 Å². The highest BCUT2D eigenvalue weighted by Gasteiger charge is 2.66. The molecule has 1 saturated heterocycles. The van der Waals surface area contributed by atoms with Gasteiger partial charge in [-0.05, 0) is 43.2 Å². The van der Waals surface area contributed by atoms with Crippen LogP contribution in [0.5, 0.6) is 0 Å². The summed E-state index contributed by atoms with van der Waals surface area (Å²) in [5.74, 6) is -3.28. The van der Waals surface area contributed by atoms with E-state index in [1.807, 2.05) is 6.92 Å². The average Bonchev–Trinajstić information content (AvgIpc) is 3.21. The molecule has 0 bridgehead atoms. The summed E-state index contributed by atoms with van der Waals surface area (Å²) in [6, 6.07) is 12.0. The van der Waals surface area contributed by atoms with E-state index in [2.05, 4.69) is 0 Å². The third kappa shape index (κ3) is 3.49. The maximum atomic E-state index is 14.2. The quantitative estimate of drug-likeness (QED) is 0.278. The molecule has 0 aromatic heterocycles. The van der Waals surface area contributed by atoms with Crippen LogP contribution in [0.25, 0.3) is 5.76 Å². The van der Waals surface area contributed by atoms with E-state index in [0.29, 0.717) is 30.8 Å². The first-order valence-corrected chi connectivity index (χ1v) is 11.4. The second-order valence-corrected chi connectivity index (χ2v) is 8.40. The molecule has 0 aliphatic carbocycles. The van der Waals surface area contributed by atoms with Crippen LogP contribution >= 0.6 is 0 Å². The zero-order valence-corrected chi connectivity index (χ0v) is 19.2. The van der Waals surface area contributed by atoms with Gasteiger partial charge >= 0.3 is 0 Å². The van der Waals surface area contributed by atoms with E-state index in [-0.39, 0.29) is 17.7 Å². The second kappa shape index (κ2) is 9.38. The van der Waals surface area contributed by atoms with Gasteiger partial charge in [-0.2, -0.15) is 0 Å². The molecule has 0 radical (unpaired) electrons. The molecule has 0 saturated carbocycles. The SMILES string of the molecule is CCCCN1C(=O)[C@]2(C(=C(O)c3ccc(F)cc3)C(=O)C(=O)N2CCCOC)c2ccccc21. The smallest absolute Gasteiger partial charge is 0.296 e. The van der Waals surface area contributed by atoms with Gasteiger partial charge in [-0.1, -0.05) is 31.5 Å². The molecule has 2 aromatic rings. The Hall–Kier alpha value is -3.52. The minimum absolute atomic E-state index is 0.0836. The van der Waals surface area contributed by atoms with E-state index in [1.165, 1.54) is 24.1 Å². The number of nitrogens with zero attached hydrogens (tertiary/aromatic N) is 2. The molecule has 1 spiro atoms. The third-order valence-corrected chi connectivity index (χ3v) is 6.39. The normalized spacial score (nSPS) is 21.1. The molecule has 2 aromatic carbocycles. The van der Waals surface area contributed by atoms with Gasteiger partial charge in [-0.15, -0.1) is 0 Å². The maximum absolute atomic E-state index is 14.2. The lowest BCUT2D eigenvalue weighted by atomic mass is 9.82. The van der Waals surface area contributed by atoms with Crippen molar-refractivity contribution in [2.24, 2.45) is 0 Å². The van der Waals surface area contributed by atoms with E-state index in [0.717, 1.165) is 25.0 Å². The number of ketones is 1. The minimum Gasteiger partial charge on any atom is -0.507 e. The van der Waals surface area contributed by atoms with Crippen molar-refractivity contribution in [2.75, 3.05) is 31.7 Å². The zero-order chi connectivity index (χ0) is 24.5. The first kappa shape index (κ1) is 23.6. The van der Waals surface area contributed by atoms with Gasteiger partial charge < -0.3 is 19.6 Å². The molecule has 2 amide bonds. The number of methoxy groups -OCH3 is 1. The number of likely N-dealkylation sites (tertiary alicyclic amines) is 1. The van der Waals surface area contributed by atoms with Gasteiger partial charge in [-0.25, -0.2) is 4.39 Å². The Morgan fingerprint density at radius 2 is 1.74 bits per heavy atom. The predicted octanol–water partition coefficient (Wildman–Crippen LogP) is 3.58. The number of Topliss-reactive ketones (excluding diaryl/α,β-unsaturated/α-hetero) is 1. The summed E-state index contributed by atoms with van der Waals surface area (Å²) in [6.07, 6.45) is 1.97. The highest BCUT2D eigenvalue weighted by Crippen LogP contribution is 2.53. The first-order valence-electron chi connectivity index (χ1n) is 11.4. The molecule has 4 rings (SSSR count). The number of hydrogen-bond acceptors (Lipinski definition) is 5. The standard InChI is InChI=1S/C26H27FN2O5/c1-3-4-14-28-20-9-6-5-8-19(20)26(25(28)33)21(22(30)17-10-12-18(27)13-11-17)23(31)24(32)29(26)15-7-16-34-2/h5-6,8-13,30H,3-4,7,14-16H2,1-2H3/t26-/m1/s1. The molecule has 2 heterocycles. The van der Waals surface area contributed by atoms with Gasteiger partial charge in [0.25, 0.3) is 17.6 Å². The Bertz CT molecular complexity index is 1160. The molecule has 2 aliphatic heterocycles. The maximum Gasteiger partial charge on any atom is 0.296 e. The van der Waals surface area contributed by atoms with E-state index >= 15 is 0 Å². The van der Waals surface area contributed by atoms with Gasteiger partial charge in [-0.3, -0.25) is 14.4 Å². The molecule has 178 valence electrons. The molecule has 1 atom stereocenters. The largest absolute Gasteiger partial charge is 0.507 e. The lowest BCUT2D eigenvalue weighted by molar-refractivity contribution is -0.143. The molecule has 0 unspecified atom stereocenters. The lowest BCUT2D eigenvalue weighted by Gasteiger charge is -2.34. The lowest BCUT2D eigenvalue weighted by Crippen LogP contribution is -2.52. The van der Waals surface area contributed by atoms with Crippen molar-refractivity contribution in [3.05, 3.63) is 71.0 Å². The van der Waals surface area contributed by atoms with Crippen LogP contribution in [0.15, 0.2) is 54.1 Å². The number of carbonyl (C=O) groups excluding carboxylic acids is 3. The monoisotopic (exact) mass is 466 g/mol. The van der Waals surface area contributed by atoms with E-state index in [9.17, 15) is 23.9 Å². The van der Waals surface area contributed by atoms with Crippen molar-refractivity contribution in [3.63, 3.8) is 0 Å². The zero-order valence-electron chi connectivity index (χ0n) is 19.2. The summed E-state index contributed by atoms with van der Waals surface area (Å²) in [7, 11) is 1.53. The second-order valence-electron chi connectivity index (χ2n) is 8.40. The van der Waals surface area contributed by atoms with Crippen molar-refractivity contribution in [3.8, 4) is 0 Å². The number of para-hydroxylation sites is 1. The fourth-order valence-electron chi connectivity index (χ4n) is 4.82.